The number of benzene rings is 1. The lowest BCUT2D eigenvalue weighted by molar-refractivity contribution is 0.591. The van der Waals surface area contributed by atoms with Gasteiger partial charge in [0.1, 0.15) is 5.82 Å². The Hall–Kier alpha value is -0.940. The van der Waals surface area contributed by atoms with Crippen LogP contribution in [0.15, 0.2) is 18.2 Å². The van der Waals surface area contributed by atoms with Crippen LogP contribution in [0.5, 0.6) is 0 Å². The lowest BCUT2D eigenvalue weighted by Gasteiger charge is -2.03. The van der Waals surface area contributed by atoms with Gasteiger partial charge in [-0.25, -0.2) is 12.8 Å². The van der Waals surface area contributed by atoms with Gasteiger partial charge in [0.15, 0.2) is 9.84 Å². The van der Waals surface area contributed by atoms with Crippen LogP contribution in [0.25, 0.3) is 0 Å². The van der Waals surface area contributed by atoms with E-state index < -0.39 is 15.7 Å². The van der Waals surface area contributed by atoms with Crippen LogP contribution in [0.4, 0.5) is 4.39 Å². The fourth-order valence-corrected chi connectivity index (χ4v) is 1.92. The Labute approximate surface area is 82.7 Å². The first-order valence-electron chi connectivity index (χ1n) is 4.07. The van der Waals surface area contributed by atoms with Gasteiger partial charge >= 0.3 is 0 Å². The zero-order valence-corrected chi connectivity index (χ0v) is 8.64. The molecular weight excluding hydrogens is 205 g/mol. The second-order valence-corrected chi connectivity index (χ2v) is 5.34. The average Bonchev–Trinajstić information content (AvgIpc) is 2.06. The monoisotopic (exact) mass is 217 g/mol. The summed E-state index contributed by atoms with van der Waals surface area (Å²) in [6, 6.07) is 4.35. The topological polar surface area (TPSA) is 60.2 Å². The Morgan fingerprint density at radius 3 is 2.50 bits per heavy atom. The van der Waals surface area contributed by atoms with Gasteiger partial charge in [0.2, 0.25) is 0 Å². The van der Waals surface area contributed by atoms with Gasteiger partial charge < -0.3 is 5.73 Å². The SMILES string of the molecule is CS(=O)(=O)Cc1ccc(CN)cc1F. The first-order chi connectivity index (χ1) is 6.42. The van der Waals surface area contributed by atoms with Gasteiger partial charge in [-0.15, -0.1) is 0 Å². The second-order valence-electron chi connectivity index (χ2n) is 3.20. The van der Waals surface area contributed by atoms with E-state index >= 15 is 0 Å². The summed E-state index contributed by atoms with van der Waals surface area (Å²) < 4.78 is 35.1. The molecule has 0 saturated carbocycles. The van der Waals surface area contributed by atoms with Crippen LogP contribution < -0.4 is 5.73 Å². The van der Waals surface area contributed by atoms with Gasteiger partial charge in [0.25, 0.3) is 0 Å². The van der Waals surface area contributed by atoms with Gasteiger partial charge in [-0.3, -0.25) is 0 Å². The molecule has 1 aromatic carbocycles. The van der Waals surface area contributed by atoms with Crippen molar-refractivity contribution in [1.82, 2.24) is 0 Å². The molecule has 0 spiro atoms. The molecule has 3 nitrogen and oxygen atoms in total. The predicted octanol–water partition coefficient (Wildman–Crippen LogP) is 0.829. The third kappa shape index (κ3) is 3.08. The molecule has 0 amide bonds. The molecule has 0 heterocycles. The molecule has 0 radical (unpaired) electrons. The van der Waals surface area contributed by atoms with Crippen LogP contribution in [0.1, 0.15) is 11.1 Å². The fraction of sp³-hybridized carbons (Fsp3) is 0.333. The summed E-state index contributed by atoms with van der Waals surface area (Å²) >= 11 is 0. The molecule has 0 unspecified atom stereocenters. The normalized spacial score (nSPS) is 11.6. The second kappa shape index (κ2) is 4.06. The van der Waals surface area contributed by atoms with Crippen molar-refractivity contribution in [3.63, 3.8) is 0 Å². The van der Waals surface area contributed by atoms with Crippen molar-refractivity contribution in [3.8, 4) is 0 Å². The van der Waals surface area contributed by atoms with Crippen LogP contribution in [-0.4, -0.2) is 14.7 Å². The fourth-order valence-electron chi connectivity index (χ4n) is 1.12. The van der Waals surface area contributed by atoms with E-state index in [4.69, 9.17) is 5.73 Å². The number of rotatable bonds is 3. The molecular formula is C9H12FNO2S. The zero-order valence-electron chi connectivity index (χ0n) is 7.83. The summed E-state index contributed by atoms with van der Waals surface area (Å²) in [6.45, 7) is 0.246. The Bertz CT molecular complexity index is 428. The maximum Gasteiger partial charge on any atom is 0.151 e. The van der Waals surface area contributed by atoms with Crippen LogP contribution >= 0.6 is 0 Å². The first kappa shape index (κ1) is 11.1. The Balaban J connectivity index is 3.01. The van der Waals surface area contributed by atoms with E-state index in [1.165, 1.54) is 12.1 Å². The summed E-state index contributed by atoms with van der Waals surface area (Å²) in [6.07, 6.45) is 1.07. The molecule has 14 heavy (non-hydrogen) atoms. The Kier molecular flexibility index (Phi) is 3.23. The number of hydrogen-bond acceptors (Lipinski definition) is 3. The molecule has 0 fully saturated rings. The van der Waals surface area contributed by atoms with Crippen molar-refractivity contribution in [3.05, 3.63) is 35.1 Å². The highest BCUT2D eigenvalue weighted by Crippen LogP contribution is 2.12. The van der Waals surface area contributed by atoms with Crippen LogP contribution in [0.3, 0.4) is 0 Å². The van der Waals surface area contributed by atoms with Gasteiger partial charge in [0.05, 0.1) is 5.75 Å². The first-order valence-corrected chi connectivity index (χ1v) is 6.13. The molecule has 0 aliphatic heterocycles. The highest BCUT2D eigenvalue weighted by Gasteiger charge is 2.09. The van der Waals surface area contributed by atoms with E-state index in [1.54, 1.807) is 6.07 Å². The quantitative estimate of drug-likeness (QED) is 0.815. The smallest absolute Gasteiger partial charge is 0.151 e. The zero-order chi connectivity index (χ0) is 10.8. The summed E-state index contributed by atoms with van der Waals surface area (Å²) in [5.74, 6) is -0.790. The van der Waals surface area contributed by atoms with Crippen LogP contribution in [0.2, 0.25) is 0 Å². The number of hydrogen-bond donors (Lipinski definition) is 1. The molecule has 0 aliphatic rings. The minimum Gasteiger partial charge on any atom is -0.326 e. The minimum atomic E-state index is -3.19. The third-order valence-electron chi connectivity index (χ3n) is 1.77. The van der Waals surface area contributed by atoms with Crippen molar-refractivity contribution in [1.29, 1.82) is 0 Å². The molecule has 1 rings (SSSR count). The minimum absolute atomic E-state index is 0.185. The lowest BCUT2D eigenvalue weighted by Crippen LogP contribution is -2.04. The van der Waals surface area contributed by atoms with E-state index in [2.05, 4.69) is 0 Å². The van der Waals surface area contributed by atoms with Crippen molar-refractivity contribution in [2.24, 2.45) is 5.73 Å². The van der Waals surface area contributed by atoms with Crippen LogP contribution in [0, 0.1) is 5.82 Å². The highest BCUT2D eigenvalue weighted by atomic mass is 32.2. The Morgan fingerprint density at radius 1 is 1.43 bits per heavy atom. The van der Waals surface area contributed by atoms with Gasteiger partial charge in [0, 0.05) is 18.4 Å². The summed E-state index contributed by atoms with van der Waals surface area (Å²) in [5.41, 5.74) is 6.15. The van der Waals surface area contributed by atoms with Gasteiger partial charge in [-0.05, 0) is 11.6 Å². The largest absolute Gasteiger partial charge is 0.326 e. The molecule has 5 heteroatoms. The van der Waals surface area contributed by atoms with Crippen molar-refractivity contribution < 1.29 is 12.8 Å². The molecule has 1 aromatic rings. The standard InChI is InChI=1S/C9H12FNO2S/c1-14(12,13)6-8-3-2-7(5-11)4-9(8)10/h2-4H,5-6,11H2,1H3. The average molecular weight is 217 g/mol. The molecule has 0 saturated heterocycles. The Morgan fingerprint density at radius 2 is 2.07 bits per heavy atom. The van der Waals surface area contributed by atoms with E-state index in [1.807, 2.05) is 0 Å². The maximum absolute atomic E-state index is 13.2. The van der Waals surface area contributed by atoms with Crippen molar-refractivity contribution in [2.45, 2.75) is 12.3 Å². The molecule has 2 N–H and O–H groups in total. The summed E-state index contributed by atoms with van der Waals surface area (Å²) in [4.78, 5) is 0. The number of sulfone groups is 1. The van der Waals surface area contributed by atoms with Gasteiger partial charge in [-0.2, -0.15) is 0 Å². The molecule has 0 atom stereocenters. The summed E-state index contributed by atoms with van der Waals surface area (Å²) in [5, 5.41) is 0. The molecule has 78 valence electrons. The van der Waals surface area contributed by atoms with E-state index in [9.17, 15) is 12.8 Å². The van der Waals surface area contributed by atoms with E-state index in [0.717, 1.165) is 6.26 Å². The molecule has 0 aromatic heterocycles. The number of halogens is 1. The predicted molar refractivity (Wildman–Crippen MR) is 52.8 cm³/mol. The lowest BCUT2D eigenvalue weighted by atomic mass is 10.1. The van der Waals surface area contributed by atoms with E-state index in [0.29, 0.717) is 5.56 Å². The van der Waals surface area contributed by atoms with Crippen LogP contribution in [-0.2, 0) is 22.1 Å². The highest BCUT2D eigenvalue weighted by molar-refractivity contribution is 7.89. The summed E-state index contributed by atoms with van der Waals surface area (Å²) in [7, 11) is -3.19. The molecule has 0 aliphatic carbocycles. The van der Waals surface area contributed by atoms with Crippen molar-refractivity contribution in [2.75, 3.05) is 6.26 Å². The molecule has 0 bridgehead atoms. The van der Waals surface area contributed by atoms with E-state index in [-0.39, 0.29) is 17.9 Å². The van der Waals surface area contributed by atoms with Gasteiger partial charge in [-0.1, -0.05) is 12.1 Å². The maximum atomic E-state index is 13.2. The third-order valence-corrected chi connectivity index (χ3v) is 2.61. The number of nitrogens with two attached hydrogens (primary N) is 1. The van der Waals surface area contributed by atoms with Crippen molar-refractivity contribution >= 4 is 9.84 Å².